The summed E-state index contributed by atoms with van der Waals surface area (Å²) in [7, 11) is 0. The number of ether oxygens (including phenoxy) is 1. The predicted octanol–water partition coefficient (Wildman–Crippen LogP) is 1.18. The van der Waals surface area contributed by atoms with Gasteiger partial charge in [-0.15, -0.1) is 0 Å². The Kier molecular flexibility index (Phi) is 2.32. The van der Waals surface area contributed by atoms with Crippen molar-refractivity contribution in [3.05, 3.63) is 35.9 Å². The van der Waals surface area contributed by atoms with E-state index in [-0.39, 0.29) is 6.10 Å². The van der Waals surface area contributed by atoms with Crippen molar-refractivity contribution in [1.29, 1.82) is 5.26 Å². The first kappa shape index (κ1) is 8.57. The van der Waals surface area contributed by atoms with Crippen molar-refractivity contribution in [2.24, 2.45) is 4.99 Å². The van der Waals surface area contributed by atoms with Crippen LogP contribution in [0.5, 0.6) is 0 Å². The maximum atomic E-state index is 8.36. The third-order valence-electron chi connectivity index (χ3n) is 1.99. The number of rotatable bonds is 1. The van der Waals surface area contributed by atoms with Crippen molar-refractivity contribution >= 4 is 6.02 Å². The molecule has 1 atom stereocenters. The molecule has 0 aliphatic carbocycles. The molecule has 0 radical (unpaired) electrons. The van der Waals surface area contributed by atoms with E-state index >= 15 is 0 Å². The van der Waals surface area contributed by atoms with Gasteiger partial charge in [0.15, 0.2) is 6.19 Å². The maximum absolute atomic E-state index is 8.36. The fraction of sp³-hybridized carbons (Fsp3) is 0.200. The molecule has 0 aromatic heterocycles. The highest BCUT2D eigenvalue weighted by Gasteiger charge is 2.20. The van der Waals surface area contributed by atoms with E-state index in [1.807, 2.05) is 30.3 Å². The van der Waals surface area contributed by atoms with E-state index < -0.39 is 0 Å². The van der Waals surface area contributed by atoms with Gasteiger partial charge >= 0.3 is 0 Å². The fourth-order valence-electron chi connectivity index (χ4n) is 1.33. The second-order valence-electron chi connectivity index (χ2n) is 2.90. The summed E-state index contributed by atoms with van der Waals surface area (Å²) < 4.78 is 5.40. The van der Waals surface area contributed by atoms with Crippen molar-refractivity contribution in [1.82, 2.24) is 5.32 Å². The molecule has 1 heterocycles. The molecule has 4 heteroatoms. The van der Waals surface area contributed by atoms with Crippen molar-refractivity contribution < 1.29 is 4.74 Å². The lowest BCUT2D eigenvalue weighted by atomic mass is 10.1. The lowest BCUT2D eigenvalue weighted by Crippen LogP contribution is -2.18. The smallest absolute Gasteiger partial charge is 0.299 e. The summed E-state index contributed by atoms with van der Waals surface area (Å²) in [6.45, 7) is 0.564. The largest absolute Gasteiger partial charge is 0.454 e. The molecule has 0 fully saturated rings. The highest BCUT2D eigenvalue weighted by molar-refractivity contribution is 5.76. The number of benzene rings is 1. The number of hydrogen-bond donors (Lipinski definition) is 1. The van der Waals surface area contributed by atoms with Gasteiger partial charge in [-0.3, -0.25) is 0 Å². The van der Waals surface area contributed by atoms with Crippen molar-refractivity contribution in [3.63, 3.8) is 0 Å². The summed E-state index contributed by atoms with van der Waals surface area (Å²) in [6.07, 6.45) is 1.71. The molecule has 0 bridgehead atoms. The number of nitrogens with one attached hydrogen (secondary N) is 1. The van der Waals surface area contributed by atoms with Crippen molar-refractivity contribution in [2.75, 3.05) is 6.54 Å². The molecule has 0 saturated heterocycles. The number of nitrogens with zero attached hydrogens (tertiary/aromatic N) is 2. The zero-order chi connectivity index (χ0) is 9.80. The van der Waals surface area contributed by atoms with Gasteiger partial charge in [-0.1, -0.05) is 30.3 Å². The Labute approximate surface area is 81.8 Å². The zero-order valence-electron chi connectivity index (χ0n) is 7.47. The van der Waals surface area contributed by atoms with Crippen LogP contribution in [0.15, 0.2) is 35.3 Å². The quantitative estimate of drug-likeness (QED) is 0.530. The molecule has 1 aromatic carbocycles. The molecule has 70 valence electrons. The Balaban J connectivity index is 2.03. The van der Waals surface area contributed by atoms with Crippen molar-refractivity contribution in [3.8, 4) is 6.19 Å². The number of hydrogen-bond acceptors (Lipinski definition) is 4. The Bertz CT molecular complexity index is 380. The highest BCUT2D eigenvalue weighted by Crippen LogP contribution is 2.21. The summed E-state index contributed by atoms with van der Waals surface area (Å²) in [5.74, 6) is 0. The average molecular weight is 187 g/mol. The number of aliphatic imine (C=N–C) groups is 1. The minimum Gasteiger partial charge on any atom is -0.454 e. The molecule has 0 spiro atoms. The van der Waals surface area contributed by atoms with Crippen LogP contribution in [0, 0.1) is 11.5 Å². The molecular formula is C10H9N3O. The molecule has 4 nitrogen and oxygen atoms in total. The maximum Gasteiger partial charge on any atom is 0.299 e. The lowest BCUT2D eigenvalue weighted by molar-refractivity contribution is 0.222. The van der Waals surface area contributed by atoms with Gasteiger partial charge in [-0.25, -0.2) is 10.3 Å². The van der Waals surface area contributed by atoms with E-state index in [0.29, 0.717) is 12.6 Å². The summed E-state index contributed by atoms with van der Waals surface area (Å²) in [5, 5.41) is 10.7. The average Bonchev–Trinajstić information content (AvgIpc) is 2.68. The van der Waals surface area contributed by atoms with Crippen LogP contribution in [0.1, 0.15) is 11.7 Å². The van der Waals surface area contributed by atoms with E-state index in [9.17, 15) is 0 Å². The zero-order valence-corrected chi connectivity index (χ0v) is 7.47. The topological polar surface area (TPSA) is 57.4 Å². The normalized spacial score (nSPS) is 19.4. The highest BCUT2D eigenvalue weighted by atomic mass is 16.5. The van der Waals surface area contributed by atoms with Crippen LogP contribution in [0.3, 0.4) is 0 Å². The lowest BCUT2D eigenvalue weighted by Gasteiger charge is -2.09. The molecule has 14 heavy (non-hydrogen) atoms. The van der Waals surface area contributed by atoms with Crippen molar-refractivity contribution in [2.45, 2.75) is 6.10 Å². The Hall–Kier alpha value is -2.02. The van der Waals surface area contributed by atoms with Gasteiger partial charge in [0, 0.05) is 0 Å². The summed E-state index contributed by atoms with van der Waals surface area (Å²) in [4.78, 5) is 4.04. The van der Waals surface area contributed by atoms with Crippen LogP contribution in [0.25, 0.3) is 0 Å². The standard InChI is InChI=1S/C10H9N3O/c11-7-13-10-12-6-9(14-10)8-4-2-1-3-5-8/h1-5,9H,6H2,(H,12,13). The molecule has 2 rings (SSSR count). The second kappa shape index (κ2) is 3.79. The first-order chi connectivity index (χ1) is 6.90. The van der Waals surface area contributed by atoms with Gasteiger partial charge in [-0.05, 0) is 5.56 Å². The second-order valence-corrected chi connectivity index (χ2v) is 2.90. The van der Waals surface area contributed by atoms with Crippen LogP contribution in [0.4, 0.5) is 0 Å². The SMILES string of the molecule is N#CNC1=NCC(c2ccccc2)O1. The van der Waals surface area contributed by atoms with Crippen LogP contribution in [-0.4, -0.2) is 12.6 Å². The molecule has 0 saturated carbocycles. The van der Waals surface area contributed by atoms with E-state index in [1.54, 1.807) is 6.19 Å². The third-order valence-corrected chi connectivity index (χ3v) is 1.99. The first-order valence-corrected chi connectivity index (χ1v) is 4.31. The Morgan fingerprint density at radius 1 is 1.43 bits per heavy atom. The molecule has 1 aliphatic rings. The summed E-state index contributed by atoms with van der Waals surface area (Å²) in [5.41, 5.74) is 1.07. The predicted molar refractivity (Wildman–Crippen MR) is 51.3 cm³/mol. The molecule has 1 aliphatic heterocycles. The van der Waals surface area contributed by atoms with Gasteiger partial charge < -0.3 is 4.74 Å². The van der Waals surface area contributed by atoms with Gasteiger partial charge in [0.2, 0.25) is 0 Å². The molecule has 1 N–H and O–H groups in total. The molecular weight excluding hydrogens is 178 g/mol. The Morgan fingerprint density at radius 3 is 2.93 bits per heavy atom. The van der Waals surface area contributed by atoms with Crippen LogP contribution in [-0.2, 0) is 4.74 Å². The van der Waals surface area contributed by atoms with Gasteiger partial charge in [0.05, 0.1) is 6.54 Å². The Morgan fingerprint density at radius 2 is 2.21 bits per heavy atom. The van der Waals surface area contributed by atoms with Gasteiger partial charge in [-0.2, -0.15) is 5.26 Å². The third kappa shape index (κ3) is 1.67. The van der Waals surface area contributed by atoms with Crippen LogP contribution >= 0.6 is 0 Å². The van der Waals surface area contributed by atoms with E-state index in [1.165, 1.54) is 0 Å². The number of amidine groups is 1. The summed E-state index contributed by atoms with van der Waals surface area (Å²) in [6, 6.07) is 10.1. The van der Waals surface area contributed by atoms with E-state index in [0.717, 1.165) is 5.56 Å². The molecule has 1 unspecified atom stereocenters. The van der Waals surface area contributed by atoms with Crippen LogP contribution in [0.2, 0.25) is 0 Å². The van der Waals surface area contributed by atoms with E-state index in [4.69, 9.17) is 10.00 Å². The number of nitriles is 1. The van der Waals surface area contributed by atoms with Gasteiger partial charge in [0.1, 0.15) is 6.10 Å². The minimum atomic E-state index is -0.0629. The van der Waals surface area contributed by atoms with Crippen LogP contribution < -0.4 is 5.32 Å². The molecule has 0 amide bonds. The monoisotopic (exact) mass is 187 g/mol. The first-order valence-electron chi connectivity index (χ1n) is 4.31. The van der Waals surface area contributed by atoms with Gasteiger partial charge in [0.25, 0.3) is 6.02 Å². The summed E-state index contributed by atoms with van der Waals surface area (Å²) >= 11 is 0. The fourth-order valence-corrected chi connectivity index (χ4v) is 1.33. The molecule has 1 aromatic rings. The van der Waals surface area contributed by atoms with E-state index in [2.05, 4.69) is 10.3 Å². The minimum absolute atomic E-state index is 0.0629.